The fraction of sp³-hybridized carbons (Fsp3) is 0.529. The number of carbonyl (C=O) groups excluding carboxylic acids is 2. The van der Waals surface area contributed by atoms with Crippen molar-refractivity contribution in [3.05, 3.63) is 35.9 Å². The molecule has 0 radical (unpaired) electrons. The quantitative estimate of drug-likeness (QED) is 0.874. The van der Waals surface area contributed by atoms with E-state index in [0.29, 0.717) is 32.1 Å². The van der Waals surface area contributed by atoms with Gasteiger partial charge in [0.15, 0.2) is 0 Å². The maximum Gasteiger partial charge on any atom is 0.234 e. The van der Waals surface area contributed by atoms with E-state index in [0.717, 1.165) is 24.8 Å². The predicted molar refractivity (Wildman–Crippen MR) is 84.0 cm³/mol. The number of piperidine rings is 1. The monoisotopic (exact) mass is 301 g/mol. The van der Waals surface area contributed by atoms with Crippen molar-refractivity contribution < 1.29 is 9.59 Å². The Morgan fingerprint density at radius 2 is 2.00 bits per heavy atom. The fourth-order valence-electron chi connectivity index (χ4n) is 3.45. The van der Waals surface area contributed by atoms with E-state index in [9.17, 15) is 9.59 Å². The van der Waals surface area contributed by atoms with E-state index in [4.69, 9.17) is 0 Å². The van der Waals surface area contributed by atoms with Gasteiger partial charge in [-0.05, 0) is 18.4 Å². The molecule has 1 aromatic carbocycles. The minimum absolute atomic E-state index is 0.0371. The van der Waals surface area contributed by atoms with E-state index >= 15 is 0 Å². The number of hydrogen-bond acceptors (Lipinski definition) is 3. The Hall–Kier alpha value is -1.88. The smallest absolute Gasteiger partial charge is 0.234 e. The molecule has 5 nitrogen and oxygen atoms in total. The number of amides is 2. The standard InChI is InChI=1S/C17H23N3O2/c21-16-9-14-7-4-8-15(11-19-16)20(14)12-17(22)18-10-13-5-2-1-3-6-13/h1-3,5-6,14-15H,4,7-12H2,(H,18,22)(H,19,21)/t14-,15-/m1/s1. The minimum atomic E-state index is 0.0371. The third kappa shape index (κ3) is 3.65. The van der Waals surface area contributed by atoms with E-state index in [-0.39, 0.29) is 17.9 Å². The molecule has 0 aliphatic carbocycles. The van der Waals surface area contributed by atoms with Crippen molar-refractivity contribution in [2.75, 3.05) is 13.1 Å². The molecule has 2 N–H and O–H groups in total. The van der Waals surface area contributed by atoms with Crippen LogP contribution in [0.4, 0.5) is 0 Å². The van der Waals surface area contributed by atoms with E-state index in [1.807, 2.05) is 30.3 Å². The molecule has 2 heterocycles. The zero-order chi connectivity index (χ0) is 15.4. The van der Waals surface area contributed by atoms with Crippen molar-refractivity contribution in [2.24, 2.45) is 0 Å². The van der Waals surface area contributed by atoms with Crippen molar-refractivity contribution in [2.45, 2.75) is 44.3 Å². The van der Waals surface area contributed by atoms with Crippen molar-refractivity contribution >= 4 is 11.8 Å². The lowest BCUT2D eigenvalue weighted by Crippen LogP contribution is -2.51. The lowest BCUT2D eigenvalue weighted by atomic mass is 9.94. The van der Waals surface area contributed by atoms with Crippen LogP contribution in [0.1, 0.15) is 31.2 Å². The largest absolute Gasteiger partial charge is 0.354 e. The molecule has 5 heteroatoms. The van der Waals surface area contributed by atoms with Crippen molar-refractivity contribution in [3.63, 3.8) is 0 Å². The number of rotatable bonds is 4. The number of nitrogens with zero attached hydrogens (tertiary/aromatic N) is 1. The summed E-state index contributed by atoms with van der Waals surface area (Å²) < 4.78 is 0. The first kappa shape index (κ1) is 15.0. The van der Waals surface area contributed by atoms with Gasteiger partial charge in [0.05, 0.1) is 6.54 Å². The molecule has 118 valence electrons. The first-order chi connectivity index (χ1) is 10.7. The second-order valence-corrected chi connectivity index (χ2v) is 6.18. The molecule has 0 unspecified atom stereocenters. The molecular formula is C17H23N3O2. The lowest BCUT2D eigenvalue weighted by molar-refractivity contribution is -0.125. The first-order valence-electron chi connectivity index (χ1n) is 8.05. The Kier molecular flexibility index (Phi) is 4.73. The maximum absolute atomic E-state index is 12.3. The number of fused-ring (bicyclic) bond motifs is 2. The van der Waals surface area contributed by atoms with Gasteiger partial charge in [-0.15, -0.1) is 0 Å². The topological polar surface area (TPSA) is 61.4 Å². The third-order valence-electron chi connectivity index (χ3n) is 4.63. The second-order valence-electron chi connectivity index (χ2n) is 6.18. The highest BCUT2D eigenvalue weighted by molar-refractivity contribution is 5.79. The molecule has 2 saturated heterocycles. The summed E-state index contributed by atoms with van der Waals surface area (Å²) in [4.78, 5) is 26.2. The normalized spacial score (nSPS) is 25.2. The molecule has 2 amide bonds. The molecule has 2 atom stereocenters. The summed E-state index contributed by atoms with van der Waals surface area (Å²) in [5.74, 6) is 0.152. The summed E-state index contributed by atoms with van der Waals surface area (Å²) >= 11 is 0. The van der Waals surface area contributed by atoms with Gasteiger partial charge in [0.25, 0.3) is 0 Å². The molecule has 3 rings (SSSR count). The van der Waals surface area contributed by atoms with Gasteiger partial charge in [0.2, 0.25) is 11.8 Å². The Morgan fingerprint density at radius 1 is 1.23 bits per heavy atom. The van der Waals surface area contributed by atoms with Crippen molar-refractivity contribution in [1.29, 1.82) is 0 Å². The van der Waals surface area contributed by atoms with Crippen LogP contribution in [-0.4, -0.2) is 41.9 Å². The molecule has 2 aliphatic rings. The van der Waals surface area contributed by atoms with Gasteiger partial charge < -0.3 is 10.6 Å². The zero-order valence-electron chi connectivity index (χ0n) is 12.8. The number of nitrogens with one attached hydrogen (secondary N) is 2. The highest BCUT2D eigenvalue weighted by Gasteiger charge is 2.35. The van der Waals surface area contributed by atoms with Gasteiger partial charge in [-0.2, -0.15) is 0 Å². The van der Waals surface area contributed by atoms with E-state index in [2.05, 4.69) is 15.5 Å². The average Bonchev–Trinajstić information content (AvgIpc) is 2.61. The highest BCUT2D eigenvalue weighted by Crippen LogP contribution is 2.26. The Balaban J connectivity index is 1.57. The molecule has 22 heavy (non-hydrogen) atoms. The van der Waals surface area contributed by atoms with Gasteiger partial charge in [-0.25, -0.2) is 0 Å². The zero-order valence-corrected chi connectivity index (χ0v) is 12.8. The van der Waals surface area contributed by atoms with E-state index in [1.54, 1.807) is 0 Å². The molecule has 0 saturated carbocycles. The Morgan fingerprint density at radius 3 is 2.82 bits per heavy atom. The number of benzene rings is 1. The van der Waals surface area contributed by atoms with Crippen LogP contribution in [0.3, 0.4) is 0 Å². The predicted octanol–water partition coefficient (Wildman–Crippen LogP) is 1.05. The van der Waals surface area contributed by atoms with Crippen LogP contribution in [0.5, 0.6) is 0 Å². The molecule has 2 aliphatic heterocycles. The second kappa shape index (κ2) is 6.92. The minimum Gasteiger partial charge on any atom is -0.354 e. The third-order valence-corrected chi connectivity index (χ3v) is 4.63. The van der Waals surface area contributed by atoms with Gasteiger partial charge in [0.1, 0.15) is 0 Å². The van der Waals surface area contributed by atoms with Crippen molar-refractivity contribution in [3.8, 4) is 0 Å². The summed E-state index contributed by atoms with van der Waals surface area (Å²) in [5, 5.41) is 5.95. The van der Waals surface area contributed by atoms with Gasteiger partial charge >= 0.3 is 0 Å². The van der Waals surface area contributed by atoms with Gasteiger partial charge in [-0.3, -0.25) is 14.5 Å². The highest BCUT2D eigenvalue weighted by atomic mass is 16.2. The van der Waals surface area contributed by atoms with Crippen LogP contribution in [0.25, 0.3) is 0 Å². The Labute approximate surface area is 131 Å². The van der Waals surface area contributed by atoms with Crippen LogP contribution < -0.4 is 10.6 Å². The summed E-state index contributed by atoms with van der Waals surface area (Å²) in [5.41, 5.74) is 1.10. The van der Waals surface area contributed by atoms with Crippen LogP contribution in [0, 0.1) is 0 Å². The fourth-order valence-corrected chi connectivity index (χ4v) is 3.45. The average molecular weight is 301 g/mol. The van der Waals surface area contributed by atoms with Crippen LogP contribution in [0.15, 0.2) is 30.3 Å². The van der Waals surface area contributed by atoms with Gasteiger partial charge in [-0.1, -0.05) is 36.8 Å². The molecule has 0 spiro atoms. The maximum atomic E-state index is 12.3. The van der Waals surface area contributed by atoms with Crippen LogP contribution >= 0.6 is 0 Å². The molecule has 0 aromatic heterocycles. The summed E-state index contributed by atoms with van der Waals surface area (Å²) in [6.07, 6.45) is 3.73. The molecule has 2 bridgehead atoms. The van der Waals surface area contributed by atoms with E-state index < -0.39 is 0 Å². The summed E-state index contributed by atoms with van der Waals surface area (Å²) in [6.45, 7) is 1.61. The van der Waals surface area contributed by atoms with Crippen molar-refractivity contribution in [1.82, 2.24) is 15.5 Å². The van der Waals surface area contributed by atoms with Crippen LogP contribution in [-0.2, 0) is 16.1 Å². The molecule has 1 aromatic rings. The number of hydrogen-bond donors (Lipinski definition) is 2. The summed E-state index contributed by atoms with van der Waals surface area (Å²) in [6, 6.07) is 10.4. The Bertz CT molecular complexity index is 532. The molecular weight excluding hydrogens is 278 g/mol. The van der Waals surface area contributed by atoms with Crippen LogP contribution in [0.2, 0.25) is 0 Å². The first-order valence-corrected chi connectivity index (χ1v) is 8.05. The molecule has 2 fully saturated rings. The van der Waals surface area contributed by atoms with E-state index in [1.165, 1.54) is 0 Å². The SMILES string of the molecule is O=C1C[C@H]2CCC[C@H](CN1)N2CC(=O)NCc1ccccc1. The van der Waals surface area contributed by atoms with Gasteiger partial charge in [0, 0.05) is 31.6 Å². The number of carbonyl (C=O) groups is 2. The lowest BCUT2D eigenvalue weighted by Gasteiger charge is -2.39. The summed E-state index contributed by atoms with van der Waals surface area (Å²) in [7, 11) is 0.